The first kappa shape index (κ1) is 15.6. The van der Waals surface area contributed by atoms with E-state index in [0.717, 1.165) is 5.92 Å². The van der Waals surface area contributed by atoms with Crippen molar-refractivity contribution in [1.29, 1.82) is 0 Å². The van der Waals surface area contributed by atoms with E-state index in [1.54, 1.807) is 5.69 Å². The maximum absolute atomic E-state index is 5.15. The van der Waals surface area contributed by atoms with Gasteiger partial charge < -0.3 is 4.57 Å². The summed E-state index contributed by atoms with van der Waals surface area (Å²) in [6.07, 6.45) is 4.02. The van der Waals surface area contributed by atoms with Crippen molar-refractivity contribution >= 4 is 0 Å². The fourth-order valence-electron chi connectivity index (χ4n) is 5.11. The third kappa shape index (κ3) is 1.66. The first-order valence-electron chi connectivity index (χ1n) is 8.57. The van der Waals surface area contributed by atoms with Crippen LogP contribution in [0.4, 0.5) is 0 Å². The SMILES string of the molecule is CC1(C)c2ccc[c-]c2-c2nc3c(n2C1(C)C)C1CCC3C1.[Ir]. The second-order valence-electron chi connectivity index (χ2n) is 8.39. The molecule has 1 aromatic heterocycles. The van der Waals surface area contributed by atoms with E-state index in [4.69, 9.17) is 4.98 Å². The minimum Gasteiger partial charge on any atom is -0.362 e. The average molecular weight is 484 g/mol. The minimum absolute atomic E-state index is 0. The molecule has 2 unspecified atom stereocenters. The van der Waals surface area contributed by atoms with Crippen LogP contribution in [0.25, 0.3) is 11.4 Å². The van der Waals surface area contributed by atoms with Crippen molar-refractivity contribution in [3.8, 4) is 11.4 Å². The Balaban J connectivity index is 0.00000135. The summed E-state index contributed by atoms with van der Waals surface area (Å²) in [6, 6.07) is 9.91. The van der Waals surface area contributed by atoms with Gasteiger partial charge in [0.25, 0.3) is 0 Å². The van der Waals surface area contributed by atoms with Gasteiger partial charge in [-0.15, -0.1) is 35.4 Å². The molecule has 2 bridgehead atoms. The zero-order chi connectivity index (χ0) is 15.3. The molecule has 3 heteroatoms. The molecule has 0 saturated heterocycles. The third-order valence-electron chi connectivity index (χ3n) is 6.99. The minimum atomic E-state index is 0. The van der Waals surface area contributed by atoms with Gasteiger partial charge in [-0.1, -0.05) is 13.8 Å². The zero-order valence-electron chi connectivity index (χ0n) is 14.2. The molecule has 2 nitrogen and oxygen atoms in total. The van der Waals surface area contributed by atoms with Gasteiger partial charge in [-0.05, 0) is 38.5 Å². The molecule has 3 aliphatic rings. The molecule has 5 rings (SSSR count). The van der Waals surface area contributed by atoms with E-state index in [0.29, 0.717) is 5.92 Å². The van der Waals surface area contributed by atoms with E-state index in [1.165, 1.54) is 41.9 Å². The first-order chi connectivity index (χ1) is 10.4. The van der Waals surface area contributed by atoms with Crippen LogP contribution in [0.1, 0.15) is 75.7 Å². The molecule has 1 saturated carbocycles. The summed E-state index contributed by atoms with van der Waals surface area (Å²) in [4.78, 5) is 5.15. The van der Waals surface area contributed by atoms with Gasteiger partial charge in [0.1, 0.15) is 0 Å². The Morgan fingerprint density at radius 1 is 1.17 bits per heavy atom. The Morgan fingerprint density at radius 2 is 1.91 bits per heavy atom. The zero-order valence-corrected chi connectivity index (χ0v) is 16.6. The topological polar surface area (TPSA) is 17.8 Å². The van der Waals surface area contributed by atoms with E-state index in [-0.39, 0.29) is 31.1 Å². The number of fused-ring (bicyclic) bond motifs is 9. The van der Waals surface area contributed by atoms with E-state index in [9.17, 15) is 0 Å². The van der Waals surface area contributed by atoms with Crippen molar-refractivity contribution in [3.63, 3.8) is 0 Å². The maximum atomic E-state index is 5.15. The van der Waals surface area contributed by atoms with Crippen LogP contribution in [-0.4, -0.2) is 9.55 Å². The largest absolute Gasteiger partial charge is 0.362 e. The molecule has 1 radical (unpaired) electrons. The molecule has 2 aromatic rings. The van der Waals surface area contributed by atoms with Crippen LogP contribution in [0.3, 0.4) is 0 Å². The number of nitrogens with zero attached hydrogens (tertiary/aromatic N) is 2. The van der Waals surface area contributed by atoms with Gasteiger partial charge >= 0.3 is 0 Å². The maximum Gasteiger partial charge on any atom is 0.0570 e. The third-order valence-corrected chi connectivity index (χ3v) is 6.99. The quantitative estimate of drug-likeness (QED) is 0.495. The number of aromatic nitrogens is 2. The predicted molar refractivity (Wildman–Crippen MR) is 88.2 cm³/mol. The van der Waals surface area contributed by atoms with Crippen LogP contribution in [0.5, 0.6) is 0 Å². The monoisotopic (exact) mass is 484 g/mol. The normalized spacial score (nSPS) is 27.8. The second-order valence-corrected chi connectivity index (χ2v) is 8.39. The number of hydrogen-bond donors (Lipinski definition) is 0. The van der Waals surface area contributed by atoms with Crippen molar-refractivity contribution < 1.29 is 20.1 Å². The Morgan fingerprint density at radius 3 is 2.70 bits per heavy atom. The molecule has 0 amide bonds. The van der Waals surface area contributed by atoms with Crippen LogP contribution in [0.15, 0.2) is 18.2 Å². The fraction of sp³-hybridized carbons (Fsp3) is 0.550. The van der Waals surface area contributed by atoms with Crippen LogP contribution in [0.2, 0.25) is 0 Å². The van der Waals surface area contributed by atoms with Gasteiger partial charge in [-0.2, -0.15) is 0 Å². The van der Waals surface area contributed by atoms with Crippen LogP contribution in [-0.2, 0) is 31.1 Å². The molecular weight excluding hydrogens is 460 g/mol. The van der Waals surface area contributed by atoms with E-state index >= 15 is 0 Å². The molecule has 1 aliphatic heterocycles. The van der Waals surface area contributed by atoms with Gasteiger partial charge in [-0.3, -0.25) is 4.98 Å². The van der Waals surface area contributed by atoms with Gasteiger partial charge in [0.05, 0.1) is 11.5 Å². The van der Waals surface area contributed by atoms with E-state index in [1.807, 2.05) is 6.07 Å². The van der Waals surface area contributed by atoms with E-state index in [2.05, 4.69) is 50.5 Å². The summed E-state index contributed by atoms with van der Waals surface area (Å²) < 4.78 is 2.59. The van der Waals surface area contributed by atoms with Crippen molar-refractivity contribution in [2.24, 2.45) is 0 Å². The molecular formula is C20H23IrN2-. The average Bonchev–Trinajstić information content (AvgIpc) is 3.17. The molecule has 1 aromatic carbocycles. The first-order valence-corrected chi connectivity index (χ1v) is 8.57. The van der Waals surface area contributed by atoms with E-state index < -0.39 is 0 Å². The van der Waals surface area contributed by atoms with Crippen LogP contribution >= 0.6 is 0 Å². The van der Waals surface area contributed by atoms with Gasteiger partial charge in [0.2, 0.25) is 0 Å². The molecule has 2 atom stereocenters. The van der Waals surface area contributed by atoms with Crippen LogP contribution < -0.4 is 0 Å². The van der Waals surface area contributed by atoms with Crippen LogP contribution in [0, 0.1) is 6.07 Å². The molecule has 0 spiro atoms. The molecule has 2 aliphatic carbocycles. The van der Waals surface area contributed by atoms with Crippen molar-refractivity contribution in [2.75, 3.05) is 0 Å². The summed E-state index contributed by atoms with van der Waals surface area (Å²) >= 11 is 0. The number of rotatable bonds is 0. The van der Waals surface area contributed by atoms with Crippen molar-refractivity contribution in [1.82, 2.24) is 9.55 Å². The summed E-state index contributed by atoms with van der Waals surface area (Å²) in [7, 11) is 0. The Kier molecular flexibility index (Phi) is 3.11. The van der Waals surface area contributed by atoms with Gasteiger partial charge in [-0.25, -0.2) is 0 Å². The molecule has 1 fully saturated rings. The summed E-state index contributed by atoms with van der Waals surface area (Å²) in [6.45, 7) is 9.53. The number of benzene rings is 1. The number of imidazole rings is 1. The Labute approximate surface area is 152 Å². The fourth-order valence-corrected chi connectivity index (χ4v) is 5.11. The molecule has 0 N–H and O–H groups in total. The molecule has 23 heavy (non-hydrogen) atoms. The number of hydrogen-bond acceptors (Lipinski definition) is 1. The Hall–Kier alpha value is -0.921. The predicted octanol–water partition coefficient (Wildman–Crippen LogP) is 4.74. The van der Waals surface area contributed by atoms with Gasteiger partial charge in [0.15, 0.2) is 0 Å². The smallest absolute Gasteiger partial charge is 0.0570 e. The standard InChI is InChI=1S/C20H23N2.Ir/c1-19(2)15-8-6-5-7-14(15)18-21-16-12-9-10-13(11-12)17(16)22(18)20(19,3)4;/h5-6,8,12-13H,9-11H2,1-4H3;/q-1;. The molecule has 2 heterocycles. The summed E-state index contributed by atoms with van der Waals surface area (Å²) in [5.74, 6) is 2.62. The van der Waals surface area contributed by atoms with Gasteiger partial charge in [0, 0.05) is 43.2 Å². The van der Waals surface area contributed by atoms with Crippen molar-refractivity contribution in [2.45, 2.75) is 69.7 Å². The molecule has 123 valence electrons. The summed E-state index contributed by atoms with van der Waals surface area (Å²) in [5, 5.41) is 0. The summed E-state index contributed by atoms with van der Waals surface area (Å²) in [5.41, 5.74) is 5.68. The Bertz CT molecular complexity index is 800. The van der Waals surface area contributed by atoms with Crippen molar-refractivity contribution in [3.05, 3.63) is 41.2 Å². The second kappa shape index (κ2) is 4.58.